The number of unbranched alkanes of at least 4 members (excludes halogenated alkanes) is 3. The van der Waals surface area contributed by atoms with Crippen LogP contribution in [-0.2, 0) is 27.2 Å². The quantitative estimate of drug-likeness (QED) is 0.245. The summed E-state index contributed by atoms with van der Waals surface area (Å²) in [5.74, 6) is -6.35. The van der Waals surface area contributed by atoms with Gasteiger partial charge in [0.15, 0.2) is 11.4 Å². The number of aromatic hydroxyl groups is 1. The number of rotatable bonds is 8. The molecule has 0 heterocycles. The first kappa shape index (κ1) is 28.6. The van der Waals surface area contributed by atoms with Gasteiger partial charge in [0.25, 0.3) is 5.91 Å². The second-order valence-corrected chi connectivity index (χ2v) is 11.4. The van der Waals surface area contributed by atoms with E-state index in [-0.39, 0.29) is 29.7 Å². The van der Waals surface area contributed by atoms with E-state index in [0.717, 1.165) is 31.4 Å². The van der Waals surface area contributed by atoms with Gasteiger partial charge in [-0.3, -0.25) is 19.3 Å². The highest BCUT2D eigenvalue weighted by Gasteiger charge is 2.64. The number of phenols is 1. The van der Waals surface area contributed by atoms with E-state index < -0.39 is 58.0 Å². The highest BCUT2D eigenvalue weighted by Crippen LogP contribution is 2.54. The number of hydrogen-bond acceptors (Lipinski definition) is 9. The summed E-state index contributed by atoms with van der Waals surface area (Å²) in [6.45, 7) is 2.11. The summed E-state index contributed by atoms with van der Waals surface area (Å²) in [4.78, 5) is 42.7. The third-order valence-corrected chi connectivity index (χ3v) is 8.56. The Morgan fingerprint density at radius 1 is 1.10 bits per heavy atom. The summed E-state index contributed by atoms with van der Waals surface area (Å²) < 4.78 is 0. The molecule has 6 N–H and O–H groups in total. The number of hydrogen-bond donors (Lipinski definition) is 5. The molecule has 0 bridgehead atoms. The Kier molecular flexibility index (Phi) is 7.57. The van der Waals surface area contributed by atoms with Crippen LogP contribution in [0.1, 0.15) is 55.7 Å². The Morgan fingerprint density at radius 3 is 2.33 bits per heavy atom. The zero-order chi connectivity index (χ0) is 29.0. The van der Waals surface area contributed by atoms with E-state index in [0.29, 0.717) is 17.5 Å². The van der Waals surface area contributed by atoms with Gasteiger partial charge in [0.1, 0.15) is 22.8 Å². The van der Waals surface area contributed by atoms with Crippen molar-refractivity contribution in [2.24, 2.45) is 17.6 Å². The minimum Gasteiger partial charge on any atom is -0.508 e. The molecule has 39 heavy (non-hydrogen) atoms. The van der Waals surface area contributed by atoms with Gasteiger partial charge in [-0.15, -0.1) is 0 Å². The maximum absolute atomic E-state index is 14.0. The molecule has 1 aromatic carbocycles. The van der Waals surface area contributed by atoms with Crippen LogP contribution in [-0.4, -0.2) is 82.6 Å². The summed E-state index contributed by atoms with van der Waals surface area (Å²) in [6, 6.07) is 0.814. The fraction of sp³-hybridized carbons (Fsp3) is 0.552. The number of anilines is 1. The van der Waals surface area contributed by atoms with Crippen molar-refractivity contribution in [3.8, 4) is 5.75 Å². The van der Waals surface area contributed by atoms with Gasteiger partial charge in [0.05, 0.1) is 11.6 Å². The second-order valence-electron chi connectivity index (χ2n) is 11.4. The number of likely N-dealkylation sites (N-methyl/N-ethyl adjacent to an activating group) is 1. The fourth-order valence-corrected chi connectivity index (χ4v) is 6.68. The van der Waals surface area contributed by atoms with Crippen LogP contribution in [0, 0.1) is 11.8 Å². The van der Waals surface area contributed by atoms with E-state index in [4.69, 9.17) is 5.73 Å². The van der Waals surface area contributed by atoms with Crippen LogP contribution in [0.25, 0.3) is 5.76 Å². The molecule has 3 aliphatic carbocycles. The zero-order valence-electron chi connectivity index (χ0n) is 23.2. The Morgan fingerprint density at radius 2 is 1.77 bits per heavy atom. The van der Waals surface area contributed by atoms with Crippen LogP contribution in [0.15, 0.2) is 23.0 Å². The van der Waals surface area contributed by atoms with Crippen LogP contribution in [0.5, 0.6) is 5.75 Å². The van der Waals surface area contributed by atoms with Crippen molar-refractivity contribution in [2.75, 3.05) is 33.1 Å². The molecular formula is C29H39N3O7. The number of aryl methyl sites for hydroxylation is 1. The number of nitrogens with zero attached hydrogens (tertiary/aromatic N) is 2. The molecule has 0 aliphatic heterocycles. The molecule has 0 aromatic heterocycles. The number of ketones is 2. The monoisotopic (exact) mass is 541 g/mol. The zero-order valence-corrected chi connectivity index (χ0v) is 23.2. The first-order chi connectivity index (χ1) is 18.3. The van der Waals surface area contributed by atoms with Crippen molar-refractivity contribution in [3.05, 3.63) is 39.7 Å². The Hall–Kier alpha value is -3.37. The number of aliphatic hydroxyl groups is 3. The van der Waals surface area contributed by atoms with Crippen LogP contribution in [0.4, 0.5) is 5.69 Å². The van der Waals surface area contributed by atoms with E-state index in [1.165, 1.54) is 4.90 Å². The van der Waals surface area contributed by atoms with Gasteiger partial charge in [-0.25, -0.2) is 0 Å². The first-order valence-electron chi connectivity index (χ1n) is 13.5. The lowest BCUT2D eigenvalue weighted by molar-refractivity contribution is -0.153. The number of amides is 1. The van der Waals surface area contributed by atoms with Crippen molar-refractivity contribution >= 4 is 28.9 Å². The number of aliphatic hydroxyl groups excluding tert-OH is 2. The average molecular weight is 542 g/mol. The van der Waals surface area contributed by atoms with E-state index in [1.807, 2.05) is 25.1 Å². The SMILES string of the molecule is CCCCCCc1cc(N(C)C)c2c(c1O)C(O)=C1C(=O)C3(O)C(O)=C(C(N)=O)C(=O)C(N(C)C)C3CC1C2. The molecule has 4 rings (SSSR count). The minimum absolute atomic E-state index is 0.0676. The summed E-state index contributed by atoms with van der Waals surface area (Å²) in [5, 5.41) is 45.6. The summed E-state index contributed by atoms with van der Waals surface area (Å²) >= 11 is 0. The summed E-state index contributed by atoms with van der Waals surface area (Å²) in [6.07, 6.45) is 4.90. The summed E-state index contributed by atoms with van der Waals surface area (Å²) in [5.41, 5.74) is 4.05. The van der Waals surface area contributed by atoms with Gasteiger partial charge >= 0.3 is 0 Å². The second kappa shape index (κ2) is 10.3. The number of nitrogens with two attached hydrogens (primary N) is 1. The van der Waals surface area contributed by atoms with Crippen molar-refractivity contribution in [2.45, 2.75) is 63.5 Å². The molecule has 10 heteroatoms. The highest BCUT2D eigenvalue weighted by molar-refractivity contribution is 6.24. The molecule has 212 valence electrons. The number of benzene rings is 1. The number of fused-ring (bicyclic) bond motifs is 3. The van der Waals surface area contributed by atoms with Crippen molar-refractivity contribution in [1.82, 2.24) is 4.90 Å². The van der Waals surface area contributed by atoms with Gasteiger partial charge in [0, 0.05) is 31.3 Å². The van der Waals surface area contributed by atoms with Crippen LogP contribution in [0.2, 0.25) is 0 Å². The Balaban J connectivity index is 1.92. The number of Topliss-reactive ketones (excluding diaryl/α,β-unsaturated/α-hetero) is 2. The molecular weight excluding hydrogens is 502 g/mol. The molecule has 10 nitrogen and oxygen atoms in total. The number of carbonyl (C=O) groups is 3. The molecule has 1 saturated carbocycles. The lowest BCUT2D eigenvalue weighted by Crippen LogP contribution is -2.65. The smallest absolute Gasteiger partial charge is 0.255 e. The van der Waals surface area contributed by atoms with Gasteiger partial charge in [0.2, 0.25) is 5.78 Å². The lowest BCUT2D eigenvalue weighted by atomic mass is 9.57. The normalized spacial score (nSPS) is 26.5. The van der Waals surface area contributed by atoms with Gasteiger partial charge in [-0.2, -0.15) is 0 Å². The Labute approximate surface area is 228 Å². The number of primary amides is 1. The first-order valence-corrected chi connectivity index (χ1v) is 13.5. The lowest BCUT2D eigenvalue weighted by Gasteiger charge is -2.50. The number of carbonyl (C=O) groups excluding carboxylic acids is 3. The maximum Gasteiger partial charge on any atom is 0.255 e. The molecule has 0 saturated heterocycles. The van der Waals surface area contributed by atoms with Crippen molar-refractivity contribution < 1.29 is 34.8 Å². The Bertz CT molecular complexity index is 1300. The van der Waals surface area contributed by atoms with Crippen molar-refractivity contribution in [3.63, 3.8) is 0 Å². The van der Waals surface area contributed by atoms with E-state index in [2.05, 4.69) is 6.92 Å². The fourth-order valence-electron chi connectivity index (χ4n) is 6.68. The van der Waals surface area contributed by atoms with Crippen LogP contribution in [0.3, 0.4) is 0 Å². The van der Waals surface area contributed by atoms with Gasteiger partial charge < -0.3 is 31.1 Å². The molecule has 1 aromatic rings. The largest absolute Gasteiger partial charge is 0.508 e. The van der Waals surface area contributed by atoms with Crippen LogP contribution < -0.4 is 10.6 Å². The number of phenolic OH excluding ortho intramolecular Hbond substituents is 1. The van der Waals surface area contributed by atoms with E-state index in [1.54, 1.807) is 14.1 Å². The third-order valence-electron chi connectivity index (χ3n) is 8.56. The predicted molar refractivity (Wildman–Crippen MR) is 146 cm³/mol. The minimum atomic E-state index is -2.64. The van der Waals surface area contributed by atoms with Crippen molar-refractivity contribution in [1.29, 1.82) is 0 Å². The molecule has 4 unspecified atom stereocenters. The van der Waals surface area contributed by atoms with E-state index in [9.17, 15) is 34.8 Å². The maximum atomic E-state index is 14.0. The molecule has 0 spiro atoms. The van der Waals surface area contributed by atoms with E-state index >= 15 is 0 Å². The van der Waals surface area contributed by atoms with Gasteiger partial charge in [-0.1, -0.05) is 26.2 Å². The molecule has 0 radical (unpaired) electrons. The van der Waals surface area contributed by atoms with Crippen LogP contribution >= 0.6 is 0 Å². The standard InChI is InChI=1S/C29H39N3O7/c1-6-7-8-9-10-14-13-18(31(2)3)16-11-15-12-17-22(32(4)5)25(35)21(28(30)38)27(37)29(17,39)26(36)19(15)24(34)20(16)23(14)33/h13,15,17,22,33-34,37,39H,6-12H2,1-5H3,(H2,30,38). The molecule has 1 fully saturated rings. The molecule has 3 aliphatic rings. The molecule has 1 amide bonds. The third kappa shape index (κ3) is 4.30. The molecule has 4 atom stereocenters. The topological polar surface area (TPSA) is 165 Å². The summed E-state index contributed by atoms with van der Waals surface area (Å²) in [7, 11) is 6.89. The predicted octanol–water partition coefficient (Wildman–Crippen LogP) is 2.15. The van der Waals surface area contributed by atoms with Gasteiger partial charge in [-0.05, 0) is 62.9 Å². The highest BCUT2D eigenvalue weighted by atomic mass is 16.3. The average Bonchev–Trinajstić information content (AvgIpc) is 2.84.